The van der Waals surface area contributed by atoms with E-state index in [1.54, 1.807) is 0 Å². The predicted molar refractivity (Wildman–Crippen MR) is 91.8 cm³/mol. The summed E-state index contributed by atoms with van der Waals surface area (Å²) in [5.74, 6) is 0.708. The van der Waals surface area contributed by atoms with E-state index in [9.17, 15) is 0 Å². The molecule has 0 unspecified atom stereocenters. The Hall–Kier alpha value is -1.78. The monoisotopic (exact) mass is 319 g/mol. The summed E-state index contributed by atoms with van der Waals surface area (Å²) in [6.45, 7) is 4.47. The van der Waals surface area contributed by atoms with Gasteiger partial charge < -0.3 is 15.4 Å². The minimum Gasteiger partial charge on any atom is -0.472 e. The molecule has 1 saturated heterocycles. The van der Waals surface area contributed by atoms with Crippen molar-refractivity contribution < 1.29 is 4.74 Å². The zero-order valence-electron chi connectivity index (χ0n) is 12.7. The van der Waals surface area contributed by atoms with E-state index < -0.39 is 0 Å². The predicted octanol–water partition coefficient (Wildman–Crippen LogP) is 2.93. The fourth-order valence-corrected chi connectivity index (χ4v) is 2.73. The molecule has 1 aliphatic rings. The van der Waals surface area contributed by atoms with Crippen molar-refractivity contribution in [3.63, 3.8) is 0 Å². The minimum atomic E-state index is 0. The third-order valence-electron chi connectivity index (χ3n) is 3.87. The molecule has 0 saturated carbocycles. The van der Waals surface area contributed by atoms with Crippen LogP contribution in [-0.4, -0.2) is 24.2 Å². The van der Waals surface area contributed by atoms with E-state index in [2.05, 4.69) is 28.1 Å². The van der Waals surface area contributed by atoms with Gasteiger partial charge in [-0.25, -0.2) is 4.98 Å². The van der Waals surface area contributed by atoms with Crippen molar-refractivity contribution in [3.8, 4) is 5.88 Å². The minimum absolute atomic E-state index is 0. The lowest BCUT2D eigenvalue weighted by Crippen LogP contribution is -2.25. The van der Waals surface area contributed by atoms with Gasteiger partial charge in [0.2, 0.25) is 5.88 Å². The zero-order chi connectivity index (χ0) is 14.7. The van der Waals surface area contributed by atoms with Gasteiger partial charge in [0.25, 0.3) is 0 Å². The molecule has 0 amide bonds. The van der Waals surface area contributed by atoms with Crippen LogP contribution in [0.2, 0.25) is 0 Å². The lowest BCUT2D eigenvalue weighted by molar-refractivity contribution is 0.216. The van der Waals surface area contributed by atoms with Crippen LogP contribution in [0.1, 0.15) is 17.5 Å². The molecule has 0 aliphatic carbocycles. The Morgan fingerprint density at radius 1 is 1.27 bits per heavy atom. The fraction of sp³-hybridized carbons (Fsp3) is 0.353. The molecule has 22 heavy (non-hydrogen) atoms. The van der Waals surface area contributed by atoms with E-state index in [1.165, 1.54) is 11.3 Å². The van der Waals surface area contributed by atoms with E-state index >= 15 is 0 Å². The average Bonchev–Trinajstić information content (AvgIpc) is 2.98. The van der Waals surface area contributed by atoms with Gasteiger partial charge in [-0.05, 0) is 24.1 Å². The Balaban J connectivity index is 0.00000176. The van der Waals surface area contributed by atoms with Crippen LogP contribution < -0.4 is 15.4 Å². The first-order chi connectivity index (χ1) is 10.3. The highest BCUT2D eigenvalue weighted by Gasteiger charge is 2.25. The quantitative estimate of drug-likeness (QED) is 0.941. The number of para-hydroxylation sites is 1. The van der Waals surface area contributed by atoms with Gasteiger partial charge in [0.05, 0.1) is 6.54 Å². The zero-order valence-corrected chi connectivity index (χ0v) is 13.6. The number of hydrogen-bond donors (Lipinski definition) is 1. The first-order valence-corrected chi connectivity index (χ1v) is 7.38. The van der Waals surface area contributed by atoms with Crippen LogP contribution in [0.5, 0.6) is 5.88 Å². The van der Waals surface area contributed by atoms with Crippen LogP contribution >= 0.6 is 12.4 Å². The molecule has 5 heteroatoms. The largest absolute Gasteiger partial charge is 0.472 e. The standard InChI is InChI=1S/C17H21N3O.ClH/c1-13-6-7-17(19-11-13)21-15-8-9-20(12-15)16-5-3-2-4-14(16)10-18;/h2-7,11,15H,8-10,12,18H2,1H3;1H/t15-;/m1./s1. The molecule has 0 spiro atoms. The number of rotatable bonds is 4. The summed E-state index contributed by atoms with van der Waals surface area (Å²) in [7, 11) is 0. The summed E-state index contributed by atoms with van der Waals surface area (Å²) in [5, 5.41) is 0. The maximum atomic E-state index is 5.97. The van der Waals surface area contributed by atoms with Gasteiger partial charge in [0.1, 0.15) is 6.10 Å². The molecular formula is C17H22ClN3O. The molecule has 0 bridgehead atoms. The molecule has 1 aromatic heterocycles. The number of anilines is 1. The van der Waals surface area contributed by atoms with E-state index in [0.29, 0.717) is 12.4 Å². The Kier molecular flexibility index (Phi) is 5.63. The first kappa shape index (κ1) is 16.6. The van der Waals surface area contributed by atoms with E-state index in [1.807, 2.05) is 31.3 Å². The Morgan fingerprint density at radius 2 is 2.09 bits per heavy atom. The third-order valence-corrected chi connectivity index (χ3v) is 3.87. The van der Waals surface area contributed by atoms with E-state index in [-0.39, 0.29) is 18.5 Å². The molecule has 2 N–H and O–H groups in total. The lowest BCUT2D eigenvalue weighted by atomic mass is 10.1. The number of ether oxygens (including phenoxy) is 1. The summed E-state index contributed by atoms with van der Waals surface area (Å²) in [5.41, 5.74) is 9.38. The van der Waals surface area contributed by atoms with E-state index in [0.717, 1.165) is 25.1 Å². The van der Waals surface area contributed by atoms with Crippen molar-refractivity contribution in [2.75, 3.05) is 18.0 Å². The molecule has 1 aromatic carbocycles. The molecule has 0 radical (unpaired) electrons. The summed E-state index contributed by atoms with van der Waals surface area (Å²) in [6.07, 6.45) is 3.03. The second-order valence-electron chi connectivity index (χ2n) is 5.48. The first-order valence-electron chi connectivity index (χ1n) is 7.38. The normalized spacial score (nSPS) is 17.2. The molecule has 1 aliphatic heterocycles. The van der Waals surface area contributed by atoms with Crippen molar-refractivity contribution in [3.05, 3.63) is 53.7 Å². The molecule has 4 nitrogen and oxygen atoms in total. The van der Waals surface area contributed by atoms with Gasteiger partial charge in [-0.2, -0.15) is 0 Å². The average molecular weight is 320 g/mol. The van der Waals surface area contributed by atoms with Crippen LogP contribution in [0.15, 0.2) is 42.6 Å². The van der Waals surface area contributed by atoms with Crippen molar-refractivity contribution in [1.29, 1.82) is 0 Å². The SMILES string of the molecule is Cc1ccc(O[C@@H]2CCN(c3ccccc3CN)C2)nc1.Cl. The van der Waals surface area contributed by atoms with Crippen molar-refractivity contribution in [2.24, 2.45) is 5.73 Å². The molecule has 2 aromatic rings. The number of hydrogen-bond acceptors (Lipinski definition) is 4. The van der Waals surface area contributed by atoms with Gasteiger partial charge >= 0.3 is 0 Å². The van der Waals surface area contributed by atoms with E-state index in [4.69, 9.17) is 10.5 Å². The van der Waals surface area contributed by atoms with Gasteiger partial charge in [-0.1, -0.05) is 24.3 Å². The molecule has 1 fully saturated rings. The third kappa shape index (κ3) is 3.70. The maximum absolute atomic E-state index is 5.97. The summed E-state index contributed by atoms with van der Waals surface area (Å²) in [6, 6.07) is 12.3. The highest BCUT2D eigenvalue weighted by Crippen LogP contribution is 2.26. The number of aryl methyl sites for hydroxylation is 1. The smallest absolute Gasteiger partial charge is 0.213 e. The van der Waals surface area contributed by atoms with Gasteiger partial charge in [0.15, 0.2) is 0 Å². The second kappa shape index (κ2) is 7.47. The molecule has 3 rings (SSSR count). The summed E-state index contributed by atoms with van der Waals surface area (Å²) >= 11 is 0. The Labute approximate surface area is 137 Å². The fourth-order valence-electron chi connectivity index (χ4n) is 2.73. The topological polar surface area (TPSA) is 51.4 Å². The Morgan fingerprint density at radius 3 is 2.82 bits per heavy atom. The van der Waals surface area contributed by atoms with Crippen LogP contribution in [0, 0.1) is 6.92 Å². The van der Waals surface area contributed by atoms with Crippen molar-refractivity contribution in [1.82, 2.24) is 4.98 Å². The highest BCUT2D eigenvalue weighted by atomic mass is 35.5. The lowest BCUT2D eigenvalue weighted by Gasteiger charge is -2.21. The molecule has 1 atom stereocenters. The number of nitrogens with zero attached hydrogens (tertiary/aromatic N) is 2. The van der Waals surface area contributed by atoms with Crippen molar-refractivity contribution in [2.45, 2.75) is 26.0 Å². The van der Waals surface area contributed by atoms with Crippen molar-refractivity contribution >= 4 is 18.1 Å². The highest BCUT2D eigenvalue weighted by molar-refractivity contribution is 5.85. The van der Waals surface area contributed by atoms with Gasteiger partial charge in [-0.3, -0.25) is 0 Å². The number of pyridine rings is 1. The molecule has 118 valence electrons. The number of nitrogens with two attached hydrogens (primary N) is 1. The maximum Gasteiger partial charge on any atom is 0.213 e. The van der Waals surface area contributed by atoms with Crippen LogP contribution in [0.25, 0.3) is 0 Å². The van der Waals surface area contributed by atoms with Crippen LogP contribution in [0.4, 0.5) is 5.69 Å². The molecule has 2 heterocycles. The summed E-state index contributed by atoms with van der Waals surface area (Å²) < 4.78 is 5.97. The van der Waals surface area contributed by atoms with Gasteiger partial charge in [0, 0.05) is 37.5 Å². The number of aromatic nitrogens is 1. The molecular weight excluding hydrogens is 298 g/mol. The Bertz CT molecular complexity index is 603. The van der Waals surface area contributed by atoms with Gasteiger partial charge in [-0.15, -0.1) is 12.4 Å². The van der Waals surface area contributed by atoms with Crippen LogP contribution in [-0.2, 0) is 6.54 Å². The van der Waals surface area contributed by atoms with Crippen LogP contribution in [0.3, 0.4) is 0 Å². The summed E-state index contributed by atoms with van der Waals surface area (Å²) in [4.78, 5) is 6.66. The number of halogens is 1. The second-order valence-corrected chi connectivity index (χ2v) is 5.48. The number of benzene rings is 1.